The number of carbonyl (C=O) groups is 2. The molecule has 0 saturated carbocycles. The molecule has 0 fully saturated rings. The fraction of sp³-hybridized carbons (Fsp3) is 0.222. The number of benzene rings is 3. The number of nitrogens with zero attached hydrogens (tertiary/aromatic N) is 3. The van der Waals surface area contributed by atoms with Gasteiger partial charge in [0.2, 0.25) is 5.82 Å². The van der Waals surface area contributed by atoms with Gasteiger partial charge in [0.1, 0.15) is 5.75 Å². The minimum Gasteiger partial charge on any atom is -0.494 e. The number of H-pyrrole nitrogens is 1. The van der Waals surface area contributed by atoms with Gasteiger partial charge in [0, 0.05) is 5.56 Å². The van der Waals surface area contributed by atoms with E-state index in [0.717, 1.165) is 19.3 Å². The lowest BCUT2D eigenvalue weighted by atomic mass is 9.99. The molecule has 2 N–H and O–H groups in total. The average molecular weight is 484 g/mol. The highest BCUT2D eigenvalue weighted by molar-refractivity contribution is 6.08. The van der Waals surface area contributed by atoms with E-state index in [1.54, 1.807) is 42.5 Å². The number of ketones is 1. The standard InChI is InChI=1S/C27H25N5O4/c33-23-17-24(26-29-31-32-30-26)36-25-21(23)10-6-11-22(25)28-27(34)19-12-14-20(15-13-19)35-16-5-4-9-18-7-2-1-3-8-18/h1-3,6-8,10-15,24H,4-5,9,16-17H2,(H,28,34)(H,29,30,31,32)/t24-/m1/s1. The Labute approximate surface area is 207 Å². The summed E-state index contributed by atoms with van der Waals surface area (Å²) in [6, 6.07) is 22.4. The first-order chi connectivity index (χ1) is 17.7. The minimum atomic E-state index is -0.675. The van der Waals surface area contributed by atoms with Crippen LogP contribution in [-0.4, -0.2) is 38.9 Å². The highest BCUT2D eigenvalue weighted by Gasteiger charge is 2.32. The Balaban J connectivity index is 1.17. The van der Waals surface area contributed by atoms with Crippen molar-refractivity contribution in [2.45, 2.75) is 31.8 Å². The van der Waals surface area contributed by atoms with Crippen molar-refractivity contribution in [2.75, 3.05) is 11.9 Å². The molecule has 0 saturated heterocycles. The number of aryl methyl sites for hydroxylation is 1. The van der Waals surface area contributed by atoms with Crippen LogP contribution in [-0.2, 0) is 6.42 Å². The van der Waals surface area contributed by atoms with Crippen LogP contribution in [0.1, 0.15) is 57.5 Å². The van der Waals surface area contributed by atoms with E-state index >= 15 is 0 Å². The number of aromatic nitrogens is 4. The number of tetrazole rings is 1. The summed E-state index contributed by atoms with van der Waals surface area (Å²) in [6.07, 6.45) is 2.44. The first kappa shape index (κ1) is 23.2. The van der Waals surface area contributed by atoms with Crippen LogP contribution >= 0.6 is 0 Å². The molecule has 1 aliphatic heterocycles. The van der Waals surface area contributed by atoms with Crippen LogP contribution in [0.25, 0.3) is 0 Å². The maximum atomic E-state index is 12.9. The van der Waals surface area contributed by atoms with Gasteiger partial charge >= 0.3 is 0 Å². The number of hydrogen-bond acceptors (Lipinski definition) is 7. The maximum absolute atomic E-state index is 12.9. The van der Waals surface area contributed by atoms with Gasteiger partial charge in [0.25, 0.3) is 5.91 Å². The molecule has 9 nitrogen and oxygen atoms in total. The van der Waals surface area contributed by atoms with Crippen molar-refractivity contribution < 1.29 is 19.1 Å². The van der Waals surface area contributed by atoms with E-state index in [0.29, 0.717) is 34.9 Å². The van der Waals surface area contributed by atoms with Gasteiger partial charge < -0.3 is 14.8 Å². The second kappa shape index (κ2) is 10.8. The van der Waals surface area contributed by atoms with E-state index in [-0.39, 0.29) is 23.9 Å². The van der Waals surface area contributed by atoms with Crippen LogP contribution in [0.5, 0.6) is 11.5 Å². The summed E-state index contributed by atoms with van der Waals surface area (Å²) >= 11 is 0. The molecule has 182 valence electrons. The second-order valence-electron chi connectivity index (χ2n) is 8.46. The lowest BCUT2D eigenvalue weighted by Gasteiger charge is -2.25. The Bertz CT molecular complexity index is 1320. The number of unbranched alkanes of at least 4 members (excludes halogenated alkanes) is 1. The fourth-order valence-corrected chi connectivity index (χ4v) is 4.06. The molecule has 0 radical (unpaired) electrons. The predicted molar refractivity (Wildman–Crippen MR) is 132 cm³/mol. The summed E-state index contributed by atoms with van der Waals surface area (Å²) in [4.78, 5) is 25.5. The Kier molecular flexibility index (Phi) is 6.98. The van der Waals surface area contributed by atoms with Crippen molar-refractivity contribution in [3.8, 4) is 11.5 Å². The van der Waals surface area contributed by atoms with Crippen LogP contribution in [0, 0.1) is 0 Å². The van der Waals surface area contributed by atoms with Crippen molar-refractivity contribution in [3.63, 3.8) is 0 Å². The lowest BCUT2D eigenvalue weighted by molar-refractivity contribution is 0.0838. The van der Waals surface area contributed by atoms with E-state index in [9.17, 15) is 9.59 Å². The first-order valence-electron chi connectivity index (χ1n) is 11.8. The molecule has 0 unspecified atom stereocenters. The third kappa shape index (κ3) is 5.41. The molecule has 0 spiro atoms. The van der Waals surface area contributed by atoms with Crippen molar-refractivity contribution in [3.05, 3.63) is 95.3 Å². The van der Waals surface area contributed by atoms with Crippen molar-refractivity contribution >= 4 is 17.4 Å². The lowest BCUT2D eigenvalue weighted by Crippen LogP contribution is -2.23. The van der Waals surface area contributed by atoms with Gasteiger partial charge in [-0.05, 0) is 61.2 Å². The summed E-state index contributed by atoms with van der Waals surface area (Å²) in [7, 11) is 0. The molecule has 1 amide bonds. The van der Waals surface area contributed by atoms with E-state index < -0.39 is 6.10 Å². The Morgan fingerprint density at radius 3 is 2.64 bits per heavy atom. The number of amides is 1. The molecule has 1 aliphatic rings. The molecule has 5 rings (SSSR count). The van der Waals surface area contributed by atoms with Crippen molar-refractivity contribution in [2.24, 2.45) is 0 Å². The van der Waals surface area contributed by atoms with E-state index in [2.05, 4.69) is 50.2 Å². The molecule has 3 aromatic carbocycles. The van der Waals surface area contributed by atoms with Crippen molar-refractivity contribution in [1.29, 1.82) is 0 Å². The molecule has 1 aromatic heterocycles. The Hall–Kier alpha value is -4.53. The number of aromatic amines is 1. The summed E-state index contributed by atoms with van der Waals surface area (Å²) < 4.78 is 11.8. The minimum absolute atomic E-state index is 0.0949. The van der Waals surface area contributed by atoms with E-state index in [1.165, 1.54) is 5.56 Å². The molecule has 2 heterocycles. The molecule has 4 aromatic rings. The summed E-state index contributed by atoms with van der Waals surface area (Å²) in [5.74, 6) is 0.848. The predicted octanol–water partition coefficient (Wildman–Crippen LogP) is 4.56. The van der Waals surface area contributed by atoms with Gasteiger partial charge in [-0.25, -0.2) is 0 Å². The van der Waals surface area contributed by atoms with Crippen LogP contribution in [0.4, 0.5) is 5.69 Å². The zero-order chi connectivity index (χ0) is 24.7. The zero-order valence-corrected chi connectivity index (χ0v) is 19.5. The van der Waals surface area contributed by atoms with Gasteiger partial charge in [-0.2, -0.15) is 5.21 Å². The van der Waals surface area contributed by atoms with Gasteiger partial charge in [0.05, 0.1) is 24.3 Å². The van der Waals surface area contributed by atoms with Crippen molar-refractivity contribution in [1.82, 2.24) is 20.6 Å². The number of carbonyl (C=O) groups excluding carboxylic acids is 2. The third-order valence-electron chi connectivity index (χ3n) is 5.93. The van der Waals surface area contributed by atoms with Crippen LogP contribution in [0.15, 0.2) is 72.8 Å². The van der Waals surface area contributed by atoms with Gasteiger partial charge in [-0.1, -0.05) is 41.6 Å². The van der Waals surface area contributed by atoms with Gasteiger partial charge in [0.15, 0.2) is 17.6 Å². The number of anilines is 1. The van der Waals surface area contributed by atoms with Crippen LogP contribution in [0.3, 0.4) is 0 Å². The largest absolute Gasteiger partial charge is 0.494 e. The summed E-state index contributed by atoms with van der Waals surface area (Å²) in [6.45, 7) is 0.613. The van der Waals surface area contributed by atoms with Crippen LogP contribution in [0.2, 0.25) is 0 Å². The number of Topliss-reactive ketones (excluding diaryl/α,β-unsaturated/α-hetero) is 1. The number of para-hydroxylation sites is 1. The Morgan fingerprint density at radius 1 is 1.03 bits per heavy atom. The number of fused-ring (bicyclic) bond motifs is 1. The molecule has 0 bridgehead atoms. The third-order valence-corrected chi connectivity index (χ3v) is 5.93. The van der Waals surface area contributed by atoms with Crippen LogP contribution < -0.4 is 14.8 Å². The number of nitrogens with one attached hydrogen (secondary N) is 2. The second-order valence-corrected chi connectivity index (χ2v) is 8.46. The van der Waals surface area contributed by atoms with E-state index in [4.69, 9.17) is 9.47 Å². The quantitative estimate of drug-likeness (QED) is 0.335. The van der Waals surface area contributed by atoms with Gasteiger partial charge in [-0.3, -0.25) is 9.59 Å². The normalized spacial score (nSPS) is 14.6. The number of hydrogen-bond donors (Lipinski definition) is 2. The molecular formula is C27H25N5O4. The van der Waals surface area contributed by atoms with E-state index in [1.807, 2.05) is 6.07 Å². The molecule has 36 heavy (non-hydrogen) atoms. The highest BCUT2D eigenvalue weighted by Crippen LogP contribution is 2.39. The molecular weight excluding hydrogens is 458 g/mol. The average Bonchev–Trinajstić information content (AvgIpc) is 3.45. The monoisotopic (exact) mass is 483 g/mol. The first-order valence-corrected chi connectivity index (χ1v) is 11.8. The number of ether oxygens (including phenoxy) is 2. The molecule has 0 aliphatic carbocycles. The zero-order valence-electron chi connectivity index (χ0n) is 19.5. The van der Waals surface area contributed by atoms with Gasteiger partial charge in [-0.15, -0.1) is 10.2 Å². The smallest absolute Gasteiger partial charge is 0.255 e. The maximum Gasteiger partial charge on any atom is 0.255 e. The Morgan fingerprint density at radius 2 is 1.86 bits per heavy atom. The summed E-state index contributed by atoms with van der Waals surface area (Å²) in [5.41, 5.74) is 2.59. The number of rotatable bonds is 9. The fourth-order valence-electron chi connectivity index (χ4n) is 4.06. The molecule has 1 atom stereocenters. The summed E-state index contributed by atoms with van der Waals surface area (Å²) in [5, 5.41) is 16.6. The topological polar surface area (TPSA) is 119 Å². The molecule has 9 heteroatoms. The highest BCUT2D eigenvalue weighted by atomic mass is 16.5. The SMILES string of the molecule is O=C(Nc1cccc2c1O[C@@H](c1nn[nH]n1)CC2=O)c1ccc(OCCCCc2ccccc2)cc1.